The van der Waals surface area contributed by atoms with Gasteiger partial charge in [0, 0.05) is 11.0 Å². The number of hydrogen-bond donors (Lipinski definition) is 3. The molecule has 0 radical (unpaired) electrons. The molecular formula is C6H6O4S2. The van der Waals surface area contributed by atoms with Crippen LogP contribution in [-0.2, 0) is 10.1 Å². The maximum atomic E-state index is 10.5. The number of aromatic hydroxyl groups is 1. The molecular weight excluding hydrogens is 200 g/mol. The lowest BCUT2D eigenvalue weighted by molar-refractivity contribution is 0.456. The Hall–Kier alpha value is -0.720. The first-order chi connectivity index (χ1) is 5.41. The minimum absolute atomic E-state index is 0.252. The van der Waals surface area contributed by atoms with Crippen LogP contribution in [0.4, 0.5) is 0 Å². The smallest absolute Gasteiger partial charge is 0.294 e. The van der Waals surface area contributed by atoms with Gasteiger partial charge in [-0.3, -0.25) is 4.55 Å². The zero-order valence-corrected chi connectivity index (χ0v) is 7.51. The largest absolute Gasteiger partial charge is 0.507 e. The minimum atomic E-state index is -4.24. The van der Waals surface area contributed by atoms with E-state index in [-0.39, 0.29) is 15.5 Å². The highest BCUT2D eigenvalue weighted by molar-refractivity contribution is 7.85. The van der Waals surface area contributed by atoms with Crippen LogP contribution in [0.5, 0.6) is 5.75 Å². The van der Waals surface area contributed by atoms with Crippen molar-refractivity contribution in [2.45, 2.75) is 9.79 Å². The fraction of sp³-hybridized carbons (Fsp3) is 0. The third-order valence-electron chi connectivity index (χ3n) is 1.24. The van der Waals surface area contributed by atoms with Gasteiger partial charge in [-0.2, -0.15) is 8.42 Å². The lowest BCUT2D eigenvalue weighted by Gasteiger charge is -1.99. The van der Waals surface area contributed by atoms with E-state index in [2.05, 4.69) is 12.6 Å². The summed E-state index contributed by atoms with van der Waals surface area (Å²) in [7, 11) is -4.24. The van der Waals surface area contributed by atoms with Gasteiger partial charge in [-0.05, 0) is 12.1 Å². The first kappa shape index (κ1) is 9.37. The molecule has 66 valence electrons. The second kappa shape index (κ2) is 2.96. The van der Waals surface area contributed by atoms with Crippen molar-refractivity contribution in [3.63, 3.8) is 0 Å². The van der Waals surface area contributed by atoms with Crippen molar-refractivity contribution in [2.75, 3.05) is 0 Å². The van der Waals surface area contributed by atoms with E-state index >= 15 is 0 Å². The summed E-state index contributed by atoms with van der Waals surface area (Å²) in [5.74, 6) is -0.284. The molecule has 0 saturated carbocycles. The van der Waals surface area contributed by atoms with Crippen molar-refractivity contribution in [1.29, 1.82) is 0 Å². The average molecular weight is 206 g/mol. The Bertz CT molecular complexity index is 396. The first-order valence-electron chi connectivity index (χ1n) is 2.91. The number of hydrogen-bond acceptors (Lipinski definition) is 4. The summed E-state index contributed by atoms with van der Waals surface area (Å²) in [5, 5.41) is 9.01. The monoisotopic (exact) mass is 206 g/mol. The molecule has 0 aliphatic rings. The third kappa shape index (κ3) is 1.90. The lowest BCUT2D eigenvalue weighted by atomic mass is 10.3. The van der Waals surface area contributed by atoms with Gasteiger partial charge in [0.15, 0.2) is 0 Å². The molecule has 4 nitrogen and oxygen atoms in total. The van der Waals surface area contributed by atoms with E-state index in [0.717, 1.165) is 12.1 Å². The van der Waals surface area contributed by atoms with Crippen LogP contribution in [0.1, 0.15) is 0 Å². The van der Waals surface area contributed by atoms with Gasteiger partial charge < -0.3 is 5.11 Å². The van der Waals surface area contributed by atoms with Crippen LogP contribution in [0.2, 0.25) is 0 Å². The molecule has 1 aromatic carbocycles. The number of thiol groups is 1. The van der Waals surface area contributed by atoms with E-state index in [4.69, 9.17) is 9.66 Å². The minimum Gasteiger partial charge on any atom is -0.507 e. The van der Waals surface area contributed by atoms with Crippen LogP contribution in [0.3, 0.4) is 0 Å². The predicted molar refractivity (Wildman–Crippen MR) is 45.2 cm³/mol. The van der Waals surface area contributed by atoms with Crippen molar-refractivity contribution in [3.8, 4) is 5.75 Å². The Morgan fingerprint density at radius 1 is 1.33 bits per heavy atom. The maximum absolute atomic E-state index is 10.5. The number of rotatable bonds is 1. The quantitative estimate of drug-likeness (QED) is 0.472. The molecule has 12 heavy (non-hydrogen) atoms. The van der Waals surface area contributed by atoms with Gasteiger partial charge in [0.1, 0.15) is 5.75 Å². The Labute approximate surface area is 75.0 Å². The molecule has 6 heteroatoms. The molecule has 0 aliphatic heterocycles. The Kier molecular flexibility index (Phi) is 2.31. The summed E-state index contributed by atoms with van der Waals surface area (Å²) in [6, 6.07) is 3.36. The summed E-state index contributed by atoms with van der Waals surface area (Å²) in [6.45, 7) is 0. The Morgan fingerprint density at radius 3 is 2.33 bits per heavy atom. The van der Waals surface area contributed by atoms with Crippen LogP contribution >= 0.6 is 12.6 Å². The highest BCUT2D eigenvalue weighted by Crippen LogP contribution is 2.23. The molecule has 1 aromatic rings. The van der Waals surface area contributed by atoms with Crippen molar-refractivity contribution in [2.24, 2.45) is 0 Å². The van der Waals surface area contributed by atoms with Gasteiger partial charge in [-0.25, -0.2) is 0 Å². The molecule has 0 amide bonds. The fourth-order valence-electron chi connectivity index (χ4n) is 0.664. The van der Waals surface area contributed by atoms with E-state index in [9.17, 15) is 8.42 Å². The first-order valence-corrected chi connectivity index (χ1v) is 4.79. The van der Waals surface area contributed by atoms with Crippen molar-refractivity contribution in [1.82, 2.24) is 0 Å². The van der Waals surface area contributed by atoms with Gasteiger partial charge in [-0.1, -0.05) is 0 Å². The zero-order valence-electron chi connectivity index (χ0n) is 5.80. The van der Waals surface area contributed by atoms with Crippen LogP contribution in [-0.4, -0.2) is 18.1 Å². The molecule has 0 fully saturated rings. The van der Waals surface area contributed by atoms with E-state index in [1.165, 1.54) is 6.07 Å². The van der Waals surface area contributed by atoms with E-state index < -0.39 is 10.1 Å². The number of phenolic OH excluding ortho intramolecular Hbond substituents is 1. The second-order valence-electron chi connectivity index (χ2n) is 2.13. The molecule has 0 atom stereocenters. The van der Waals surface area contributed by atoms with E-state index in [0.29, 0.717) is 0 Å². The van der Waals surface area contributed by atoms with Gasteiger partial charge >= 0.3 is 0 Å². The molecule has 0 spiro atoms. The SMILES string of the molecule is O=S(=O)(O)c1ccc(S)c(O)c1. The standard InChI is InChI=1S/C6H6O4S2/c7-5-3-4(12(8,9)10)1-2-6(5)11/h1-3,7,11H,(H,8,9,10). The van der Waals surface area contributed by atoms with Crippen molar-refractivity contribution in [3.05, 3.63) is 18.2 Å². The van der Waals surface area contributed by atoms with Crippen LogP contribution < -0.4 is 0 Å². The number of phenols is 1. The topological polar surface area (TPSA) is 74.6 Å². The predicted octanol–water partition coefficient (Wildman–Crippen LogP) is 0.928. The van der Waals surface area contributed by atoms with Crippen LogP contribution in [0.25, 0.3) is 0 Å². The van der Waals surface area contributed by atoms with Gasteiger partial charge in [0.05, 0.1) is 4.90 Å². The van der Waals surface area contributed by atoms with E-state index in [1.807, 2.05) is 0 Å². The Morgan fingerprint density at radius 2 is 1.92 bits per heavy atom. The normalized spacial score (nSPS) is 11.5. The third-order valence-corrected chi connectivity index (χ3v) is 2.47. The van der Waals surface area contributed by atoms with Gasteiger partial charge in [0.25, 0.3) is 10.1 Å². The summed E-state index contributed by atoms with van der Waals surface area (Å²) in [6.07, 6.45) is 0. The molecule has 0 unspecified atom stereocenters. The van der Waals surface area contributed by atoms with Gasteiger partial charge in [0.2, 0.25) is 0 Å². The summed E-state index contributed by atoms with van der Waals surface area (Å²) < 4.78 is 29.6. The summed E-state index contributed by atoms with van der Waals surface area (Å²) in [5.41, 5.74) is 0. The average Bonchev–Trinajstić information content (AvgIpc) is 1.92. The molecule has 0 aromatic heterocycles. The van der Waals surface area contributed by atoms with E-state index in [1.54, 1.807) is 0 Å². The lowest BCUT2D eigenvalue weighted by Crippen LogP contribution is -1.97. The van der Waals surface area contributed by atoms with Crippen molar-refractivity contribution >= 4 is 22.7 Å². The highest BCUT2D eigenvalue weighted by Gasteiger charge is 2.10. The fourth-order valence-corrected chi connectivity index (χ4v) is 1.30. The molecule has 0 bridgehead atoms. The number of benzene rings is 1. The Balaban J connectivity index is 3.33. The summed E-state index contributed by atoms with van der Waals surface area (Å²) >= 11 is 3.81. The molecule has 1 rings (SSSR count). The summed E-state index contributed by atoms with van der Waals surface area (Å²) in [4.78, 5) is -0.0970. The zero-order chi connectivity index (χ0) is 9.35. The highest BCUT2D eigenvalue weighted by atomic mass is 32.2. The van der Waals surface area contributed by atoms with Gasteiger partial charge in [-0.15, -0.1) is 12.6 Å². The molecule has 0 heterocycles. The second-order valence-corrected chi connectivity index (χ2v) is 4.03. The van der Waals surface area contributed by atoms with Crippen molar-refractivity contribution < 1.29 is 18.1 Å². The molecule has 0 saturated heterocycles. The molecule has 0 aliphatic carbocycles. The van der Waals surface area contributed by atoms with Crippen LogP contribution in [0.15, 0.2) is 28.0 Å². The molecule has 2 N–H and O–H groups in total. The maximum Gasteiger partial charge on any atom is 0.294 e. The van der Waals surface area contributed by atoms with Crippen LogP contribution in [0, 0.1) is 0 Å².